The maximum atomic E-state index is 5.29. The maximum absolute atomic E-state index is 5.29. The first-order valence-electron chi connectivity index (χ1n) is 9.60. The second-order valence-corrected chi connectivity index (χ2v) is 7.79. The van der Waals surface area contributed by atoms with E-state index in [0.29, 0.717) is 0 Å². The molecule has 0 saturated carbocycles. The lowest BCUT2D eigenvalue weighted by molar-refractivity contribution is 0.414. The minimum absolute atomic E-state index is 0.788. The van der Waals surface area contributed by atoms with Gasteiger partial charge in [0.15, 0.2) is 11.0 Å². The summed E-state index contributed by atoms with van der Waals surface area (Å²) in [6.45, 7) is 2.09. The first-order valence-corrected chi connectivity index (χ1v) is 10.6. The van der Waals surface area contributed by atoms with E-state index < -0.39 is 0 Å². The van der Waals surface area contributed by atoms with E-state index in [9.17, 15) is 0 Å². The fourth-order valence-electron chi connectivity index (χ4n) is 3.16. The molecule has 3 aromatic carbocycles. The third-order valence-corrected chi connectivity index (χ3v) is 5.77. The Morgan fingerprint density at radius 3 is 2.13 bits per heavy atom. The Hall–Kier alpha value is -3.25. The molecule has 4 rings (SSSR count). The largest absolute Gasteiger partial charge is 0.497 e. The third-order valence-electron chi connectivity index (χ3n) is 4.77. The zero-order valence-electron chi connectivity index (χ0n) is 17.2. The van der Waals surface area contributed by atoms with Gasteiger partial charge in [-0.1, -0.05) is 36.0 Å². The summed E-state index contributed by atoms with van der Waals surface area (Å²) in [5, 5.41) is 9.88. The van der Waals surface area contributed by atoms with E-state index in [0.717, 1.165) is 39.5 Å². The van der Waals surface area contributed by atoms with Crippen LogP contribution in [0.5, 0.6) is 11.5 Å². The van der Waals surface area contributed by atoms with Crippen molar-refractivity contribution in [1.29, 1.82) is 0 Å². The number of ether oxygens (including phenoxy) is 2. The highest BCUT2D eigenvalue weighted by molar-refractivity contribution is 7.98. The Labute approximate surface area is 180 Å². The van der Waals surface area contributed by atoms with Crippen molar-refractivity contribution >= 4 is 11.8 Å². The molecule has 0 unspecified atom stereocenters. The molecule has 0 saturated heterocycles. The van der Waals surface area contributed by atoms with Crippen molar-refractivity contribution in [2.75, 3.05) is 14.2 Å². The summed E-state index contributed by atoms with van der Waals surface area (Å²) in [6.07, 6.45) is 0. The van der Waals surface area contributed by atoms with Crippen molar-refractivity contribution < 1.29 is 9.47 Å². The normalized spacial score (nSPS) is 10.8. The minimum atomic E-state index is 0.788. The first kappa shape index (κ1) is 20.0. The lowest BCUT2D eigenvalue weighted by Crippen LogP contribution is -2.00. The van der Waals surface area contributed by atoms with Crippen molar-refractivity contribution in [3.63, 3.8) is 0 Å². The van der Waals surface area contributed by atoms with Gasteiger partial charge in [-0.05, 0) is 66.6 Å². The van der Waals surface area contributed by atoms with E-state index >= 15 is 0 Å². The minimum Gasteiger partial charge on any atom is -0.497 e. The Balaban J connectivity index is 1.69. The number of nitrogens with zero attached hydrogens (tertiary/aromatic N) is 3. The zero-order valence-corrected chi connectivity index (χ0v) is 18.0. The molecule has 6 heteroatoms. The average molecular weight is 418 g/mol. The lowest BCUT2D eigenvalue weighted by Gasteiger charge is -2.11. The fraction of sp³-hybridized carbons (Fsp3) is 0.167. The summed E-state index contributed by atoms with van der Waals surface area (Å²) < 4.78 is 12.6. The number of aryl methyl sites for hydroxylation is 1. The van der Waals surface area contributed by atoms with E-state index in [1.54, 1.807) is 26.0 Å². The molecule has 0 radical (unpaired) electrons. The molecule has 152 valence electrons. The van der Waals surface area contributed by atoms with Crippen molar-refractivity contribution in [1.82, 2.24) is 14.8 Å². The quantitative estimate of drug-likeness (QED) is 0.369. The number of rotatable bonds is 7. The number of hydrogen-bond acceptors (Lipinski definition) is 5. The van der Waals surface area contributed by atoms with Gasteiger partial charge >= 0.3 is 0 Å². The highest BCUT2D eigenvalue weighted by atomic mass is 32.2. The molecule has 0 spiro atoms. The zero-order chi connectivity index (χ0) is 20.9. The SMILES string of the molecule is COc1ccc(CSc2nnc(-c3ccc(OC)cc3)n2-c2cccc(C)c2)cc1. The number of benzene rings is 3. The fourth-order valence-corrected chi connectivity index (χ4v) is 4.07. The van der Waals surface area contributed by atoms with Gasteiger partial charge in [-0.3, -0.25) is 4.57 Å². The van der Waals surface area contributed by atoms with Crippen LogP contribution < -0.4 is 9.47 Å². The Kier molecular flexibility index (Phi) is 6.05. The highest BCUT2D eigenvalue weighted by Crippen LogP contribution is 2.31. The Morgan fingerprint density at radius 1 is 0.833 bits per heavy atom. The molecule has 0 amide bonds. The van der Waals surface area contributed by atoms with Crippen LogP contribution in [0.2, 0.25) is 0 Å². The van der Waals surface area contributed by atoms with Gasteiger partial charge in [0.2, 0.25) is 0 Å². The molecule has 0 fully saturated rings. The molecule has 0 aliphatic rings. The number of aromatic nitrogens is 3. The molecule has 30 heavy (non-hydrogen) atoms. The molecular formula is C24H23N3O2S. The van der Waals surface area contributed by atoms with Crippen LogP contribution >= 0.6 is 11.8 Å². The second kappa shape index (κ2) is 9.05. The molecule has 5 nitrogen and oxygen atoms in total. The summed E-state index contributed by atoms with van der Waals surface area (Å²) in [6, 6.07) is 24.4. The van der Waals surface area contributed by atoms with E-state index in [4.69, 9.17) is 9.47 Å². The molecule has 1 aromatic heterocycles. The molecule has 1 heterocycles. The van der Waals surface area contributed by atoms with Gasteiger partial charge in [0, 0.05) is 17.0 Å². The second-order valence-electron chi connectivity index (χ2n) is 6.85. The molecule has 0 bridgehead atoms. The van der Waals surface area contributed by atoms with E-state index in [1.165, 1.54) is 11.1 Å². The molecule has 0 aliphatic carbocycles. The van der Waals surface area contributed by atoms with Crippen molar-refractivity contribution in [3.8, 4) is 28.6 Å². The van der Waals surface area contributed by atoms with Crippen molar-refractivity contribution in [3.05, 3.63) is 83.9 Å². The van der Waals surface area contributed by atoms with Crippen LogP contribution in [0, 0.1) is 6.92 Å². The van der Waals surface area contributed by atoms with Gasteiger partial charge < -0.3 is 9.47 Å². The summed E-state index contributed by atoms with van der Waals surface area (Å²) in [5.74, 6) is 3.26. The number of methoxy groups -OCH3 is 2. The average Bonchev–Trinajstić information content (AvgIpc) is 3.22. The monoisotopic (exact) mass is 417 g/mol. The van der Waals surface area contributed by atoms with E-state index in [1.807, 2.05) is 36.4 Å². The van der Waals surface area contributed by atoms with Gasteiger partial charge in [-0.2, -0.15) is 0 Å². The highest BCUT2D eigenvalue weighted by Gasteiger charge is 2.16. The number of hydrogen-bond donors (Lipinski definition) is 0. The number of thioether (sulfide) groups is 1. The molecular weight excluding hydrogens is 394 g/mol. The van der Waals surface area contributed by atoms with E-state index in [2.05, 4.69) is 58.1 Å². The van der Waals surface area contributed by atoms with Gasteiger partial charge in [0.05, 0.1) is 14.2 Å². The third kappa shape index (κ3) is 4.33. The molecule has 0 atom stereocenters. The molecule has 0 aliphatic heterocycles. The topological polar surface area (TPSA) is 49.2 Å². The van der Waals surface area contributed by atoms with Crippen LogP contribution in [0.15, 0.2) is 78.0 Å². The van der Waals surface area contributed by atoms with Gasteiger partial charge in [-0.15, -0.1) is 10.2 Å². The summed E-state index contributed by atoms with van der Waals surface area (Å²) >= 11 is 1.66. The van der Waals surface area contributed by atoms with Crippen LogP contribution in [0.4, 0.5) is 0 Å². The van der Waals surface area contributed by atoms with Crippen LogP contribution in [0.1, 0.15) is 11.1 Å². The first-order chi connectivity index (χ1) is 14.7. The van der Waals surface area contributed by atoms with Gasteiger partial charge in [-0.25, -0.2) is 0 Å². The van der Waals surface area contributed by atoms with Crippen molar-refractivity contribution in [2.24, 2.45) is 0 Å². The summed E-state index contributed by atoms with van der Waals surface area (Å²) in [7, 11) is 3.34. The summed E-state index contributed by atoms with van der Waals surface area (Å²) in [4.78, 5) is 0. The Morgan fingerprint density at radius 2 is 1.50 bits per heavy atom. The Bertz CT molecular complexity index is 1120. The van der Waals surface area contributed by atoms with Crippen LogP contribution in [-0.2, 0) is 5.75 Å². The predicted octanol–water partition coefficient (Wildman–Crippen LogP) is 5.55. The van der Waals surface area contributed by atoms with Crippen LogP contribution in [0.25, 0.3) is 17.1 Å². The van der Waals surface area contributed by atoms with Crippen LogP contribution in [0.3, 0.4) is 0 Å². The lowest BCUT2D eigenvalue weighted by atomic mass is 10.2. The maximum Gasteiger partial charge on any atom is 0.196 e. The molecule has 4 aromatic rings. The van der Waals surface area contributed by atoms with Gasteiger partial charge in [0.25, 0.3) is 0 Å². The van der Waals surface area contributed by atoms with E-state index in [-0.39, 0.29) is 0 Å². The standard InChI is InChI=1S/C24H23N3O2S/c1-17-5-4-6-20(15-17)27-23(19-9-13-22(29-3)14-10-19)25-26-24(27)30-16-18-7-11-21(28-2)12-8-18/h4-15H,16H2,1-3H3. The van der Waals surface area contributed by atoms with Crippen molar-refractivity contribution in [2.45, 2.75) is 17.8 Å². The smallest absolute Gasteiger partial charge is 0.196 e. The van der Waals surface area contributed by atoms with Gasteiger partial charge in [0.1, 0.15) is 11.5 Å². The van der Waals surface area contributed by atoms with Crippen LogP contribution in [-0.4, -0.2) is 29.0 Å². The molecule has 0 N–H and O–H groups in total. The predicted molar refractivity (Wildman–Crippen MR) is 121 cm³/mol. The summed E-state index contributed by atoms with van der Waals surface area (Å²) in [5.41, 5.74) is 4.42.